The molecule has 4 nitrogen and oxygen atoms in total. The number of halogens is 3. The van der Waals surface area contributed by atoms with E-state index in [0.717, 1.165) is 17.5 Å². The molecule has 0 unspecified atom stereocenters. The molecular formula is C23H27Cl3N2O2S. The lowest BCUT2D eigenvalue weighted by Gasteiger charge is -2.31. The van der Waals surface area contributed by atoms with Crippen molar-refractivity contribution >= 4 is 58.4 Å². The molecule has 0 saturated heterocycles. The van der Waals surface area contributed by atoms with E-state index >= 15 is 0 Å². The van der Waals surface area contributed by atoms with Crippen LogP contribution in [0.15, 0.2) is 42.5 Å². The minimum atomic E-state index is -0.555. The Morgan fingerprint density at radius 3 is 2.42 bits per heavy atom. The van der Waals surface area contributed by atoms with E-state index in [1.807, 2.05) is 38.1 Å². The Balaban J connectivity index is 2.13. The molecule has 0 spiro atoms. The van der Waals surface area contributed by atoms with Crippen LogP contribution in [0.25, 0.3) is 0 Å². The molecule has 1 N–H and O–H groups in total. The van der Waals surface area contributed by atoms with Gasteiger partial charge in [-0.25, -0.2) is 0 Å². The predicted molar refractivity (Wildman–Crippen MR) is 132 cm³/mol. The lowest BCUT2D eigenvalue weighted by Crippen LogP contribution is -2.49. The van der Waals surface area contributed by atoms with Gasteiger partial charge in [0.2, 0.25) is 11.8 Å². The summed E-state index contributed by atoms with van der Waals surface area (Å²) in [5.41, 5.74) is 1.80. The van der Waals surface area contributed by atoms with Crippen molar-refractivity contribution in [3.63, 3.8) is 0 Å². The molecule has 2 rings (SSSR count). The molecule has 0 aromatic heterocycles. The first-order chi connectivity index (χ1) is 14.9. The molecule has 31 heavy (non-hydrogen) atoms. The zero-order chi connectivity index (χ0) is 22.8. The maximum Gasteiger partial charge on any atom is 0.242 e. The Hall–Kier alpha value is -1.40. The summed E-state index contributed by atoms with van der Waals surface area (Å²) in [6.45, 7) is 4.76. The average Bonchev–Trinajstić information content (AvgIpc) is 2.75. The van der Waals surface area contributed by atoms with Crippen molar-refractivity contribution in [3.8, 4) is 0 Å². The number of rotatable bonds is 11. The average molecular weight is 502 g/mol. The Labute approximate surface area is 203 Å². The first-order valence-electron chi connectivity index (χ1n) is 10.2. The van der Waals surface area contributed by atoms with Crippen molar-refractivity contribution in [2.75, 3.05) is 12.3 Å². The monoisotopic (exact) mass is 500 g/mol. The second kappa shape index (κ2) is 13.2. The summed E-state index contributed by atoms with van der Waals surface area (Å²) in [6.07, 6.45) is 1.35. The molecule has 1 atom stereocenters. The molecule has 0 aliphatic carbocycles. The Kier molecular flexibility index (Phi) is 11.0. The van der Waals surface area contributed by atoms with Crippen molar-refractivity contribution in [2.24, 2.45) is 0 Å². The third kappa shape index (κ3) is 7.90. The highest BCUT2D eigenvalue weighted by atomic mass is 35.5. The summed E-state index contributed by atoms with van der Waals surface area (Å²) in [4.78, 5) is 27.6. The number of carbonyl (C=O) groups excluding carboxylic acids is 2. The molecule has 0 heterocycles. The van der Waals surface area contributed by atoms with Crippen LogP contribution in [0.2, 0.25) is 15.1 Å². The molecular weight excluding hydrogens is 475 g/mol. The van der Waals surface area contributed by atoms with Crippen LogP contribution in [0.4, 0.5) is 0 Å². The van der Waals surface area contributed by atoms with Crippen molar-refractivity contribution in [1.29, 1.82) is 0 Å². The van der Waals surface area contributed by atoms with Gasteiger partial charge in [0.1, 0.15) is 6.04 Å². The van der Waals surface area contributed by atoms with Crippen LogP contribution in [0.1, 0.15) is 37.8 Å². The van der Waals surface area contributed by atoms with Crippen LogP contribution in [0.3, 0.4) is 0 Å². The van der Waals surface area contributed by atoms with E-state index in [1.165, 1.54) is 11.8 Å². The molecule has 2 aromatic rings. The minimum Gasteiger partial charge on any atom is -0.354 e. The van der Waals surface area contributed by atoms with E-state index in [4.69, 9.17) is 34.8 Å². The molecule has 168 valence electrons. The highest BCUT2D eigenvalue weighted by molar-refractivity contribution is 7.99. The van der Waals surface area contributed by atoms with Gasteiger partial charge in [-0.1, -0.05) is 72.9 Å². The number of nitrogens with one attached hydrogen (secondary N) is 1. The van der Waals surface area contributed by atoms with Crippen LogP contribution in [0.5, 0.6) is 0 Å². The second-order valence-electron chi connectivity index (χ2n) is 7.07. The SMILES string of the molecule is CCCNC(=O)[C@@H](CC)N(Cc1ccccc1Cl)C(=O)CSCc1ccc(Cl)c(Cl)c1. The fraction of sp³-hybridized carbons (Fsp3) is 0.391. The highest BCUT2D eigenvalue weighted by Crippen LogP contribution is 2.25. The summed E-state index contributed by atoms with van der Waals surface area (Å²) >= 11 is 19.8. The van der Waals surface area contributed by atoms with Crippen molar-refractivity contribution < 1.29 is 9.59 Å². The smallest absolute Gasteiger partial charge is 0.242 e. The summed E-state index contributed by atoms with van der Waals surface area (Å²) in [7, 11) is 0. The number of thioether (sulfide) groups is 1. The number of carbonyl (C=O) groups is 2. The fourth-order valence-electron chi connectivity index (χ4n) is 3.06. The van der Waals surface area contributed by atoms with E-state index in [1.54, 1.807) is 23.1 Å². The summed E-state index contributed by atoms with van der Waals surface area (Å²) in [6, 6.07) is 12.3. The maximum atomic E-state index is 13.2. The molecule has 2 amide bonds. The maximum absolute atomic E-state index is 13.2. The van der Waals surface area contributed by atoms with Gasteiger partial charge in [-0.15, -0.1) is 11.8 Å². The van der Waals surface area contributed by atoms with Gasteiger partial charge in [-0.3, -0.25) is 9.59 Å². The van der Waals surface area contributed by atoms with Gasteiger partial charge in [0, 0.05) is 23.9 Å². The summed E-state index contributed by atoms with van der Waals surface area (Å²) < 4.78 is 0. The van der Waals surface area contributed by atoms with E-state index in [-0.39, 0.29) is 24.1 Å². The lowest BCUT2D eigenvalue weighted by atomic mass is 10.1. The number of benzene rings is 2. The minimum absolute atomic E-state index is 0.108. The zero-order valence-electron chi connectivity index (χ0n) is 17.7. The Bertz CT molecular complexity index is 895. The van der Waals surface area contributed by atoms with Crippen molar-refractivity contribution in [1.82, 2.24) is 10.2 Å². The number of nitrogens with zero attached hydrogens (tertiary/aromatic N) is 1. The van der Waals surface area contributed by atoms with Gasteiger partial charge < -0.3 is 10.2 Å². The van der Waals surface area contributed by atoms with Crippen LogP contribution < -0.4 is 5.32 Å². The molecule has 0 saturated carbocycles. The number of hydrogen-bond donors (Lipinski definition) is 1. The molecule has 2 aromatic carbocycles. The molecule has 0 aliphatic heterocycles. The van der Waals surface area contributed by atoms with Crippen LogP contribution in [0, 0.1) is 0 Å². The second-order valence-corrected chi connectivity index (χ2v) is 9.28. The van der Waals surface area contributed by atoms with Crippen LogP contribution in [-0.4, -0.2) is 35.1 Å². The molecule has 0 radical (unpaired) electrons. The number of amides is 2. The Morgan fingerprint density at radius 1 is 1.03 bits per heavy atom. The highest BCUT2D eigenvalue weighted by Gasteiger charge is 2.28. The van der Waals surface area contributed by atoms with Crippen LogP contribution in [-0.2, 0) is 21.9 Å². The molecule has 0 fully saturated rings. The largest absolute Gasteiger partial charge is 0.354 e. The normalized spacial score (nSPS) is 11.8. The van der Waals surface area contributed by atoms with E-state index in [0.29, 0.717) is 33.8 Å². The van der Waals surface area contributed by atoms with Gasteiger partial charge in [0.25, 0.3) is 0 Å². The van der Waals surface area contributed by atoms with E-state index in [2.05, 4.69) is 5.32 Å². The zero-order valence-corrected chi connectivity index (χ0v) is 20.8. The quantitative estimate of drug-likeness (QED) is 0.398. The van der Waals surface area contributed by atoms with Crippen LogP contribution >= 0.6 is 46.6 Å². The van der Waals surface area contributed by atoms with Gasteiger partial charge in [0.15, 0.2) is 0 Å². The van der Waals surface area contributed by atoms with Gasteiger partial charge in [0.05, 0.1) is 15.8 Å². The van der Waals surface area contributed by atoms with Gasteiger partial charge >= 0.3 is 0 Å². The topological polar surface area (TPSA) is 49.4 Å². The first-order valence-corrected chi connectivity index (χ1v) is 12.5. The molecule has 8 heteroatoms. The predicted octanol–water partition coefficient (Wildman–Crippen LogP) is 6.21. The third-order valence-corrected chi connectivity index (χ3v) is 6.81. The standard InChI is InChI=1S/C23H27Cl3N2O2S/c1-3-11-27-23(30)21(4-2)28(13-17-7-5-6-8-18(17)24)22(29)15-31-14-16-9-10-19(25)20(26)12-16/h5-10,12,21H,3-4,11,13-15H2,1-2H3,(H,27,30)/t21-/m1/s1. The summed E-state index contributed by atoms with van der Waals surface area (Å²) in [5, 5.41) is 4.48. The molecule has 0 bridgehead atoms. The first kappa shape index (κ1) is 25.9. The summed E-state index contributed by atoms with van der Waals surface area (Å²) in [5.74, 6) is 0.603. The van der Waals surface area contributed by atoms with Gasteiger partial charge in [-0.05, 0) is 42.2 Å². The third-order valence-electron chi connectivity index (χ3n) is 4.71. The van der Waals surface area contributed by atoms with E-state index < -0.39 is 6.04 Å². The molecule has 0 aliphatic rings. The van der Waals surface area contributed by atoms with Crippen molar-refractivity contribution in [2.45, 2.75) is 45.0 Å². The van der Waals surface area contributed by atoms with Gasteiger partial charge in [-0.2, -0.15) is 0 Å². The fourth-order valence-corrected chi connectivity index (χ4v) is 4.44. The Morgan fingerprint density at radius 2 is 1.77 bits per heavy atom. The number of hydrogen-bond acceptors (Lipinski definition) is 3. The van der Waals surface area contributed by atoms with E-state index in [9.17, 15) is 9.59 Å². The van der Waals surface area contributed by atoms with Crippen molar-refractivity contribution in [3.05, 3.63) is 68.7 Å². The lowest BCUT2D eigenvalue weighted by molar-refractivity contribution is -0.139.